The lowest BCUT2D eigenvalue weighted by Gasteiger charge is -2.29. The Kier molecular flexibility index (Phi) is 4.78. The molecule has 2 aliphatic rings. The second kappa shape index (κ2) is 6.73. The Balaban J connectivity index is 2.31. The molecular formula is C21H23NO7. The van der Waals surface area contributed by atoms with E-state index in [1.807, 2.05) is 0 Å². The average Bonchev–Trinajstić information content (AvgIpc) is 2.93. The van der Waals surface area contributed by atoms with Gasteiger partial charge in [0, 0.05) is 23.4 Å². The van der Waals surface area contributed by atoms with Gasteiger partial charge in [0.05, 0.1) is 17.7 Å². The molecule has 3 rings (SSSR count). The van der Waals surface area contributed by atoms with Crippen molar-refractivity contribution in [1.29, 1.82) is 0 Å². The number of fused-ring (bicyclic) bond motifs is 3. The molecule has 0 amide bonds. The van der Waals surface area contributed by atoms with Gasteiger partial charge in [0.2, 0.25) is 0 Å². The number of Topliss-reactive ketones (excluding diaryl/α,β-unsaturated/α-hetero) is 2. The summed E-state index contributed by atoms with van der Waals surface area (Å²) in [5.74, 6) is -2.64. The van der Waals surface area contributed by atoms with Crippen LogP contribution in [-0.2, 0) is 15.0 Å². The summed E-state index contributed by atoms with van der Waals surface area (Å²) in [5, 5.41) is 33.2. The van der Waals surface area contributed by atoms with Crippen molar-refractivity contribution in [3.63, 3.8) is 0 Å². The number of rotatable bonds is 4. The van der Waals surface area contributed by atoms with E-state index in [0.717, 1.165) is 6.08 Å². The second-order valence-electron chi connectivity index (χ2n) is 7.61. The number of phenolic OH excluding ortho intramolecular Hbond substituents is 2. The highest BCUT2D eigenvalue weighted by atomic mass is 16.5. The number of ether oxygens (including phenoxy) is 1. The number of aliphatic hydroxyl groups excluding tert-OH is 1. The van der Waals surface area contributed by atoms with Gasteiger partial charge < -0.3 is 25.4 Å². The number of aromatic hydroxyl groups is 2. The summed E-state index contributed by atoms with van der Waals surface area (Å²) in [4.78, 5) is 38.3. The molecule has 1 aliphatic carbocycles. The van der Waals surface area contributed by atoms with Crippen molar-refractivity contribution in [3.05, 3.63) is 39.8 Å². The minimum atomic E-state index is -1.54. The molecule has 4 N–H and O–H groups in total. The third kappa shape index (κ3) is 2.74. The zero-order valence-electron chi connectivity index (χ0n) is 16.8. The van der Waals surface area contributed by atoms with Crippen molar-refractivity contribution in [1.82, 2.24) is 5.32 Å². The molecule has 0 saturated carbocycles. The first-order chi connectivity index (χ1) is 13.5. The van der Waals surface area contributed by atoms with Gasteiger partial charge in [-0.15, -0.1) is 0 Å². The Bertz CT molecular complexity index is 1030. The topological polar surface area (TPSA) is 133 Å². The predicted molar refractivity (Wildman–Crippen MR) is 103 cm³/mol. The van der Waals surface area contributed by atoms with Crippen molar-refractivity contribution in [2.45, 2.75) is 46.1 Å². The van der Waals surface area contributed by atoms with E-state index in [9.17, 15) is 29.7 Å². The summed E-state index contributed by atoms with van der Waals surface area (Å²) in [5.41, 5.74) is -1.45. The Morgan fingerprint density at radius 3 is 2.41 bits per heavy atom. The van der Waals surface area contributed by atoms with E-state index in [1.54, 1.807) is 13.8 Å². The fraction of sp³-hybridized carbons (Fsp3) is 0.381. The summed E-state index contributed by atoms with van der Waals surface area (Å²) in [6, 6.07) is -0.384. The summed E-state index contributed by atoms with van der Waals surface area (Å²) < 4.78 is 5.69. The van der Waals surface area contributed by atoms with E-state index in [2.05, 4.69) is 5.32 Å². The van der Waals surface area contributed by atoms with Gasteiger partial charge in [0.25, 0.3) is 0 Å². The number of phenols is 2. The monoisotopic (exact) mass is 401 g/mol. The van der Waals surface area contributed by atoms with Crippen LogP contribution in [-0.4, -0.2) is 45.3 Å². The Morgan fingerprint density at radius 1 is 1.24 bits per heavy atom. The molecule has 0 spiro atoms. The van der Waals surface area contributed by atoms with Crippen molar-refractivity contribution in [2.24, 2.45) is 0 Å². The van der Waals surface area contributed by atoms with Crippen molar-refractivity contribution < 1.29 is 34.4 Å². The number of benzene rings is 1. The molecule has 0 radical (unpaired) electrons. The fourth-order valence-corrected chi connectivity index (χ4v) is 3.85. The van der Waals surface area contributed by atoms with E-state index in [1.165, 1.54) is 20.8 Å². The van der Waals surface area contributed by atoms with E-state index < -0.39 is 28.5 Å². The maximum atomic E-state index is 13.5. The molecule has 8 heteroatoms. The average molecular weight is 401 g/mol. The van der Waals surface area contributed by atoms with Crippen LogP contribution < -0.4 is 10.1 Å². The van der Waals surface area contributed by atoms with Gasteiger partial charge in [0.1, 0.15) is 34.0 Å². The molecule has 1 aromatic rings. The van der Waals surface area contributed by atoms with Gasteiger partial charge in [-0.05, 0) is 34.6 Å². The molecular weight excluding hydrogens is 378 g/mol. The van der Waals surface area contributed by atoms with Crippen LogP contribution in [0.3, 0.4) is 0 Å². The van der Waals surface area contributed by atoms with Crippen LogP contribution in [0.15, 0.2) is 23.1 Å². The minimum Gasteiger partial charge on any atom is -0.507 e. The summed E-state index contributed by atoms with van der Waals surface area (Å²) >= 11 is 0. The number of hydrogen-bond donors (Lipinski definition) is 4. The number of ketones is 3. The molecule has 29 heavy (non-hydrogen) atoms. The van der Waals surface area contributed by atoms with Crippen molar-refractivity contribution in [3.8, 4) is 17.2 Å². The minimum absolute atomic E-state index is 0.0166. The normalized spacial score (nSPS) is 23.0. The number of hydrogen-bond acceptors (Lipinski definition) is 8. The molecule has 1 heterocycles. The Hall–Kier alpha value is -3.13. The van der Waals surface area contributed by atoms with Crippen LogP contribution in [0.2, 0.25) is 0 Å². The van der Waals surface area contributed by atoms with E-state index in [0.29, 0.717) is 0 Å². The lowest BCUT2D eigenvalue weighted by molar-refractivity contribution is -0.123. The second-order valence-corrected chi connectivity index (χ2v) is 7.61. The third-order valence-corrected chi connectivity index (χ3v) is 5.50. The zero-order chi connectivity index (χ0) is 21.8. The molecule has 0 saturated heterocycles. The maximum Gasteiger partial charge on any atom is 0.194 e. The molecule has 2 atom stereocenters. The van der Waals surface area contributed by atoms with Crippen LogP contribution in [0.1, 0.15) is 49.2 Å². The summed E-state index contributed by atoms with van der Waals surface area (Å²) in [7, 11) is 0. The van der Waals surface area contributed by atoms with Gasteiger partial charge >= 0.3 is 0 Å². The van der Waals surface area contributed by atoms with Crippen LogP contribution in [0.4, 0.5) is 0 Å². The molecule has 1 aromatic carbocycles. The summed E-state index contributed by atoms with van der Waals surface area (Å²) in [6.07, 6.45) is 1.15. The highest BCUT2D eigenvalue weighted by Gasteiger charge is 2.56. The molecule has 1 aliphatic heterocycles. The van der Waals surface area contributed by atoms with Crippen molar-refractivity contribution >= 4 is 17.3 Å². The SMILES string of the molecule is CC(=O)c1c(O)c(C)c(O)c2c1OC1=CC(=O)/C(=C(/C)N[C@H](C)CO)C(=O)[C@@]12C. The predicted octanol–water partition coefficient (Wildman–Crippen LogP) is 1.54. The molecule has 0 aromatic heterocycles. The molecule has 0 fully saturated rings. The molecule has 0 bridgehead atoms. The first kappa shape index (κ1) is 20.6. The van der Waals surface area contributed by atoms with Gasteiger partial charge in [-0.1, -0.05) is 0 Å². The number of carbonyl (C=O) groups is 3. The van der Waals surface area contributed by atoms with Crippen LogP contribution in [0.25, 0.3) is 0 Å². The lowest BCUT2D eigenvalue weighted by Crippen LogP contribution is -2.42. The van der Waals surface area contributed by atoms with Crippen LogP contribution in [0.5, 0.6) is 17.2 Å². The smallest absolute Gasteiger partial charge is 0.194 e. The summed E-state index contributed by atoms with van der Waals surface area (Å²) in [6.45, 7) is 7.21. The third-order valence-electron chi connectivity index (χ3n) is 5.50. The van der Waals surface area contributed by atoms with Crippen LogP contribution >= 0.6 is 0 Å². The van der Waals surface area contributed by atoms with E-state index in [-0.39, 0.29) is 57.9 Å². The Morgan fingerprint density at radius 2 is 1.86 bits per heavy atom. The largest absolute Gasteiger partial charge is 0.507 e. The quantitative estimate of drug-likeness (QED) is 0.339. The Labute approximate surface area is 167 Å². The van der Waals surface area contributed by atoms with Crippen LogP contribution in [0, 0.1) is 6.92 Å². The lowest BCUT2D eigenvalue weighted by atomic mass is 9.70. The fourth-order valence-electron chi connectivity index (χ4n) is 3.85. The number of allylic oxidation sites excluding steroid dienone is 4. The van der Waals surface area contributed by atoms with Gasteiger partial charge in [-0.25, -0.2) is 0 Å². The first-order valence-corrected chi connectivity index (χ1v) is 9.14. The standard InChI is InChI=1S/C21H23NO7/c1-8(7-23)22-10(3)14-12(25)6-13-21(5,20(14)28)16-18(27)9(2)17(26)15(11(4)24)19(16)29-13/h6,8,22-23,26-27H,7H2,1-5H3/b14-10+/t8-,21+/m1/s1. The van der Waals surface area contributed by atoms with Gasteiger partial charge in [-0.3, -0.25) is 14.4 Å². The molecule has 8 nitrogen and oxygen atoms in total. The number of carbonyl (C=O) groups excluding carboxylic acids is 3. The van der Waals surface area contributed by atoms with Gasteiger partial charge in [0.15, 0.2) is 17.3 Å². The molecule has 154 valence electrons. The van der Waals surface area contributed by atoms with Crippen molar-refractivity contribution in [2.75, 3.05) is 6.61 Å². The number of aliphatic hydroxyl groups is 1. The highest BCUT2D eigenvalue weighted by molar-refractivity contribution is 6.31. The molecule has 0 unspecified atom stereocenters. The highest BCUT2D eigenvalue weighted by Crippen LogP contribution is 2.57. The first-order valence-electron chi connectivity index (χ1n) is 9.14. The van der Waals surface area contributed by atoms with E-state index >= 15 is 0 Å². The zero-order valence-corrected chi connectivity index (χ0v) is 16.8. The van der Waals surface area contributed by atoms with E-state index in [4.69, 9.17) is 4.74 Å². The number of nitrogens with one attached hydrogen (secondary N) is 1. The van der Waals surface area contributed by atoms with Gasteiger partial charge in [-0.2, -0.15) is 0 Å². The maximum absolute atomic E-state index is 13.5.